The Morgan fingerprint density at radius 2 is 2.29 bits per heavy atom. The van der Waals surface area contributed by atoms with Crippen molar-refractivity contribution in [2.24, 2.45) is 0 Å². The molecule has 10 nitrogen and oxygen atoms in total. The molecule has 0 radical (unpaired) electrons. The Balaban J connectivity index is 1.44. The molecule has 1 amide bonds. The number of nitrogens with zero attached hydrogens (tertiary/aromatic N) is 4. The number of H-pyrrole nitrogens is 1. The number of rotatable bonds is 6. The Kier molecular flexibility index (Phi) is 5.05. The third-order valence-electron chi connectivity index (χ3n) is 6.50. The van der Waals surface area contributed by atoms with Gasteiger partial charge in [0.1, 0.15) is 11.7 Å². The molecule has 3 atom stereocenters. The van der Waals surface area contributed by atoms with Crippen LogP contribution in [0.25, 0.3) is 27.9 Å². The highest BCUT2D eigenvalue weighted by Crippen LogP contribution is 2.30. The van der Waals surface area contributed by atoms with Crippen molar-refractivity contribution < 1.29 is 23.3 Å². The summed E-state index contributed by atoms with van der Waals surface area (Å²) in [7, 11) is 1.79. The second-order valence-electron chi connectivity index (χ2n) is 8.63. The number of halogens is 1. The van der Waals surface area contributed by atoms with Crippen LogP contribution in [0.2, 0.25) is 0 Å². The molecule has 176 valence electrons. The van der Waals surface area contributed by atoms with E-state index in [-0.39, 0.29) is 12.0 Å². The number of hydrogen-bond donors (Lipinski definition) is 3. The molecule has 2 aliphatic rings. The summed E-state index contributed by atoms with van der Waals surface area (Å²) in [4.78, 5) is 28.4. The molecule has 34 heavy (non-hydrogen) atoms. The molecule has 5 heterocycles. The number of anilines is 1. The third-order valence-corrected chi connectivity index (χ3v) is 6.50. The summed E-state index contributed by atoms with van der Waals surface area (Å²) in [5.74, 6) is 0.354. The lowest BCUT2D eigenvalue weighted by Gasteiger charge is -2.30. The fourth-order valence-electron chi connectivity index (χ4n) is 4.44. The van der Waals surface area contributed by atoms with E-state index in [1.165, 1.54) is 0 Å². The van der Waals surface area contributed by atoms with Crippen LogP contribution in [0.1, 0.15) is 29.6 Å². The zero-order valence-corrected chi connectivity index (χ0v) is 18.6. The van der Waals surface area contributed by atoms with Gasteiger partial charge in [-0.1, -0.05) is 4.98 Å². The minimum atomic E-state index is -0.998. The summed E-state index contributed by atoms with van der Waals surface area (Å²) in [6.45, 7) is 1.21. The number of nitrogens with one attached hydrogen (secondary N) is 3. The second-order valence-corrected chi connectivity index (χ2v) is 8.63. The molecule has 1 saturated carbocycles. The first-order valence-corrected chi connectivity index (χ1v) is 11.4. The summed E-state index contributed by atoms with van der Waals surface area (Å²) in [6.07, 6.45) is 6.06. The first-order chi connectivity index (χ1) is 16.6. The van der Waals surface area contributed by atoms with Crippen LogP contribution in [0.3, 0.4) is 0 Å². The SMILES string of the molecule is CNc1cc(-c2cn(OC3CCOC3)c3ncccc23)nc2c(C(=O)NC3CCC3F)c[nH][n+]12. The summed E-state index contributed by atoms with van der Waals surface area (Å²) in [5.41, 5.74) is 2.92. The fraction of sp³-hybridized carbons (Fsp3) is 0.391. The molecule has 3 N–H and O–H groups in total. The van der Waals surface area contributed by atoms with E-state index in [1.54, 1.807) is 28.7 Å². The highest BCUT2D eigenvalue weighted by Gasteiger charge is 2.34. The van der Waals surface area contributed by atoms with Crippen molar-refractivity contribution in [2.45, 2.75) is 37.6 Å². The van der Waals surface area contributed by atoms with Crippen molar-refractivity contribution in [2.75, 3.05) is 25.6 Å². The van der Waals surface area contributed by atoms with Crippen LogP contribution in [0.15, 0.2) is 36.8 Å². The van der Waals surface area contributed by atoms with E-state index in [1.807, 2.05) is 24.4 Å². The molecule has 2 fully saturated rings. The highest BCUT2D eigenvalue weighted by atomic mass is 19.1. The molecule has 0 bridgehead atoms. The number of fused-ring (bicyclic) bond motifs is 2. The predicted molar refractivity (Wildman–Crippen MR) is 121 cm³/mol. The van der Waals surface area contributed by atoms with Crippen LogP contribution in [-0.2, 0) is 4.74 Å². The van der Waals surface area contributed by atoms with Crippen molar-refractivity contribution >= 4 is 28.4 Å². The van der Waals surface area contributed by atoms with Gasteiger partial charge in [-0.3, -0.25) is 9.89 Å². The fourth-order valence-corrected chi connectivity index (χ4v) is 4.44. The topological polar surface area (TPSA) is 110 Å². The third kappa shape index (κ3) is 3.43. The number of pyridine rings is 1. The molecular formula is C23H25FN7O3+. The summed E-state index contributed by atoms with van der Waals surface area (Å²) in [5, 5.41) is 9.86. The molecule has 4 aromatic heterocycles. The average molecular weight is 466 g/mol. The van der Waals surface area contributed by atoms with Crippen LogP contribution in [0, 0.1) is 0 Å². The predicted octanol–water partition coefficient (Wildman–Crippen LogP) is 1.65. The van der Waals surface area contributed by atoms with E-state index >= 15 is 0 Å². The van der Waals surface area contributed by atoms with E-state index in [0.717, 1.165) is 17.4 Å². The summed E-state index contributed by atoms with van der Waals surface area (Å²) < 4.78 is 22.5. The van der Waals surface area contributed by atoms with Crippen LogP contribution < -0.4 is 20.0 Å². The van der Waals surface area contributed by atoms with Gasteiger partial charge in [0.2, 0.25) is 5.82 Å². The van der Waals surface area contributed by atoms with Crippen LogP contribution >= 0.6 is 0 Å². The Hall–Kier alpha value is -3.73. The Labute approximate surface area is 194 Å². The first kappa shape index (κ1) is 20.8. The Morgan fingerprint density at radius 3 is 3.03 bits per heavy atom. The molecule has 1 aliphatic heterocycles. The number of aromatic nitrogens is 5. The van der Waals surface area contributed by atoms with Gasteiger partial charge in [-0.2, -0.15) is 4.73 Å². The van der Waals surface area contributed by atoms with E-state index < -0.39 is 12.2 Å². The van der Waals surface area contributed by atoms with Gasteiger partial charge < -0.3 is 20.2 Å². The summed E-state index contributed by atoms with van der Waals surface area (Å²) >= 11 is 0. The zero-order valence-electron chi connectivity index (χ0n) is 18.6. The number of alkyl halides is 1. The monoisotopic (exact) mass is 466 g/mol. The van der Waals surface area contributed by atoms with Crippen LogP contribution in [0.4, 0.5) is 10.2 Å². The number of hydrogen-bond acceptors (Lipinski definition) is 6. The molecule has 1 aliphatic carbocycles. The van der Waals surface area contributed by atoms with E-state index in [2.05, 4.69) is 20.7 Å². The molecule has 3 unspecified atom stereocenters. The number of carbonyl (C=O) groups excluding carboxylic acids is 1. The van der Waals surface area contributed by atoms with Gasteiger partial charge in [-0.15, -0.1) is 4.52 Å². The minimum Gasteiger partial charge on any atom is -0.407 e. The molecule has 0 spiro atoms. The van der Waals surface area contributed by atoms with Gasteiger partial charge in [0.25, 0.3) is 11.6 Å². The van der Waals surface area contributed by atoms with Crippen molar-refractivity contribution in [3.8, 4) is 11.3 Å². The van der Waals surface area contributed by atoms with E-state index in [0.29, 0.717) is 54.4 Å². The normalized spacial score (nSPS) is 22.1. The van der Waals surface area contributed by atoms with E-state index in [4.69, 9.17) is 14.6 Å². The highest BCUT2D eigenvalue weighted by molar-refractivity contribution is 6.00. The number of carbonyl (C=O) groups is 1. The van der Waals surface area contributed by atoms with Gasteiger partial charge in [0.05, 0.1) is 37.7 Å². The van der Waals surface area contributed by atoms with Crippen molar-refractivity contribution in [3.05, 3.63) is 42.4 Å². The smallest absolute Gasteiger partial charge is 0.299 e. The van der Waals surface area contributed by atoms with Gasteiger partial charge in [-0.25, -0.2) is 9.37 Å². The van der Waals surface area contributed by atoms with Crippen LogP contribution in [-0.4, -0.2) is 64.3 Å². The maximum atomic E-state index is 13.7. The van der Waals surface area contributed by atoms with E-state index in [9.17, 15) is 9.18 Å². The largest absolute Gasteiger partial charge is 0.407 e. The lowest BCUT2D eigenvalue weighted by atomic mass is 9.90. The van der Waals surface area contributed by atoms with Crippen molar-refractivity contribution in [3.63, 3.8) is 0 Å². The molecule has 11 heteroatoms. The maximum Gasteiger partial charge on any atom is 0.299 e. The summed E-state index contributed by atoms with van der Waals surface area (Å²) in [6, 6.07) is 5.26. The average Bonchev–Trinajstić information content (AvgIpc) is 3.60. The molecule has 4 aromatic rings. The molecule has 1 saturated heterocycles. The van der Waals surface area contributed by atoms with Crippen LogP contribution in [0.5, 0.6) is 0 Å². The molecular weight excluding hydrogens is 441 g/mol. The van der Waals surface area contributed by atoms with Crippen molar-refractivity contribution in [1.29, 1.82) is 0 Å². The Morgan fingerprint density at radius 1 is 1.38 bits per heavy atom. The van der Waals surface area contributed by atoms with Crippen molar-refractivity contribution in [1.82, 2.24) is 25.1 Å². The second kappa shape index (κ2) is 8.24. The van der Waals surface area contributed by atoms with Gasteiger partial charge in [0.15, 0.2) is 17.4 Å². The number of amides is 1. The lowest BCUT2D eigenvalue weighted by Crippen LogP contribution is -2.48. The molecule has 6 rings (SSSR count). The standard InChI is InChI=1S/C23H24FN7O3/c1-25-20-9-19(28-22-15(10-27-31(20)22)23(32)29-18-5-4-17(18)24)16-11-30(34-13-6-8-33-12-13)21-14(16)3-2-7-26-21/h2-3,7,9-11,13,17-18H,4-6,8,12H2,1H3,(H2,25,27,28,29,32)/p+1. The lowest BCUT2D eigenvalue weighted by molar-refractivity contribution is -0.563. The van der Waals surface area contributed by atoms with Gasteiger partial charge in [-0.05, 0) is 25.0 Å². The Bertz CT molecular complexity index is 1380. The maximum absolute atomic E-state index is 13.7. The van der Waals surface area contributed by atoms with Gasteiger partial charge >= 0.3 is 0 Å². The zero-order chi connectivity index (χ0) is 23.2. The minimum absolute atomic E-state index is 0.0462. The number of aromatic amines is 1. The first-order valence-electron chi connectivity index (χ1n) is 11.4. The number of ether oxygens (including phenoxy) is 1. The quantitative estimate of drug-likeness (QED) is 0.373. The van der Waals surface area contributed by atoms with Gasteiger partial charge in [0, 0.05) is 30.6 Å². The molecule has 0 aromatic carbocycles.